The molecular formula is C15H26N2O4S. The molecule has 126 valence electrons. The van der Waals surface area contributed by atoms with Crippen LogP contribution in [0.4, 0.5) is 0 Å². The number of nitrogens with zero attached hydrogens (tertiary/aromatic N) is 1. The van der Waals surface area contributed by atoms with Crippen molar-refractivity contribution in [2.24, 2.45) is 23.5 Å². The standard InChI is InChI=1S/C15H26N2O4S/c16-15(18)14-13-3-1-2-12(13)10-17(14)22(19,20)9-6-11-4-7-21-8-5-11/h11-14H,1-10H2,(H2,16,18)/t12-,13-,14+/m1/s1. The van der Waals surface area contributed by atoms with E-state index in [9.17, 15) is 13.2 Å². The van der Waals surface area contributed by atoms with Gasteiger partial charge in [0.25, 0.3) is 0 Å². The maximum atomic E-state index is 12.7. The van der Waals surface area contributed by atoms with E-state index in [0.29, 0.717) is 24.8 Å². The molecule has 0 unspecified atom stereocenters. The van der Waals surface area contributed by atoms with E-state index in [1.807, 2.05) is 0 Å². The van der Waals surface area contributed by atoms with Crippen molar-refractivity contribution in [2.75, 3.05) is 25.5 Å². The predicted octanol–water partition coefficient (Wildman–Crippen LogP) is 0.719. The summed E-state index contributed by atoms with van der Waals surface area (Å²) in [6.45, 7) is 1.93. The Morgan fingerprint density at radius 1 is 1.18 bits per heavy atom. The molecule has 3 aliphatic rings. The largest absolute Gasteiger partial charge is 0.381 e. The van der Waals surface area contributed by atoms with Crippen LogP contribution in [0.25, 0.3) is 0 Å². The average Bonchev–Trinajstić information content (AvgIpc) is 3.06. The van der Waals surface area contributed by atoms with Crippen molar-refractivity contribution in [1.82, 2.24) is 4.31 Å². The summed E-state index contributed by atoms with van der Waals surface area (Å²) in [6.07, 6.45) is 5.53. The van der Waals surface area contributed by atoms with Crippen molar-refractivity contribution in [1.29, 1.82) is 0 Å². The van der Waals surface area contributed by atoms with Gasteiger partial charge in [0.15, 0.2) is 0 Å². The van der Waals surface area contributed by atoms with Gasteiger partial charge in [0.05, 0.1) is 5.75 Å². The van der Waals surface area contributed by atoms with Crippen LogP contribution in [-0.4, -0.2) is 50.2 Å². The molecule has 3 rings (SSSR count). The number of amides is 1. The average molecular weight is 330 g/mol. The number of fused-ring (bicyclic) bond motifs is 1. The maximum absolute atomic E-state index is 12.7. The van der Waals surface area contributed by atoms with Crippen LogP contribution in [-0.2, 0) is 19.6 Å². The van der Waals surface area contributed by atoms with Gasteiger partial charge in [0.1, 0.15) is 6.04 Å². The van der Waals surface area contributed by atoms with Crippen LogP contribution in [0, 0.1) is 17.8 Å². The van der Waals surface area contributed by atoms with E-state index in [2.05, 4.69) is 0 Å². The molecule has 2 saturated heterocycles. The van der Waals surface area contributed by atoms with Crippen LogP contribution in [0.1, 0.15) is 38.5 Å². The number of hydrogen-bond donors (Lipinski definition) is 1. The fourth-order valence-corrected chi connectivity index (χ4v) is 6.26. The molecule has 0 aromatic rings. The summed E-state index contributed by atoms with van der Waals surface area (Å²) >= 11 is 0. The van der Waals surface area contributed by atoms with E-state index in [1.54, 1.807) is 0 Å². The van der Waals surface area contributed by atoms with Gasteiger partial charge < -0.3 is 10.5 Å². The molecule has 6 nitrogen and oxygen atoms in total. The van der Waals surface area contributed by atoms with Crippen molar-refractivity contribution in [2.45, 2.75) is 44.6 Å². The molecule has 2 heterocycles. The van der Waals surface area contributed by atoms with Gasteiger partial charge in [0, 0.05) is 19.8 Å². The van der Waals surface area contributed by atoms with Crippen molar-refractivity contribution in [3.63, 3.8) is 0 Å². The van der Waals surface area contributed by atoms with Crippen molar-refractivity contribution in [3.8, 4) is 0 Å². The number of nitrogens with two attached hydrogens (primary N) is 1. The Morgan fingerprint density at radius 3 is 2.59 bits per heavy atom. The van der Waals surface area contributed by atoms with Crippen LogP contribution in [0.5, 0.6) is 0 Å². The van der Waals surface area contributed by atoms with Gasteiger partial charge >= 0.3 is 0 Å². The van der Waals surface area contributed by atoms with Gasteiger partial charge in [-0.1, -0.05) is 6.42 Å². The summed E-state index contributed by atoms with van der Waals surface area (Å²) in [6, 6.07) is -0.618. The van der Waals surface area contributed by atoms with Crippen LogP contribution < -0.4 is 5.73 Å². The van der Waals surface area contributed by atoms with E-state index in [1.165, 1.54) is 4.31 Å². The first-order valence-corrected chi connectivity index (χ1v) is 9.96. The molecule has 0 bridgehead atoms. The highest BCUT2D eigenvalue weighted by Crippen LogP contribution is 2.43. The number of carbonyl (C=O) groups excluding carboxylic acids is 1. The summed E-state index contributed by atoms with van der Waals surface area (Å²) in [5, 5.41) is 0. The van der Waals surface area contributed by atoms with E-state index in [4.69, 9.17) is 10.5 Å². The molecular weight excluding hydrogens is 304 g/mol. The maximum Gasteiger partial charge on any atom is 0.236 e. The van der Waals surface area contributed by atoms with Crippen LogP contribution in [0.3, 0.4) is 0 Å². The van der Waals surface area contributed by atoms with Gasteiger partial charge in [-0.05, 0) is 49.9 Å². The lowest BCUT2D eigenvalue weighted by Gasteiger charge is -2.26. The first kappa shape index (κ1) is 16.2. The third kappa shape index (κ3) is 3.16. The minimum atomic E-state index is -3.40. The van der Waals surface area contributed by atoms with Gasteiger partial charge in [0.2, 0.25) is 15.9 Å². The molecule has 3 fully saturated rings. The summed E-state index contributed by atoms with van der Waals surface area (Å²) in [5.74, 6) is 0.508. The number of primary amides is 1. The molecule has 0 spiro atoms. The van der Waals surface area contributed by atoms with Crippen LogP contribution in [0.15, 0.2) is 0 Å². The van der Waals surface area contributed by atoms with Crippen molar-refractivity contribution < 1.29 is 17.9 Å². The monoisotopic (exact) mass is 330 g/mol. The smallest absolute Gasteiger partial charge is 0.236 e. The zero-order valence-electron chi connectivity index (χ0n) is 12.9. The first-order chi connectivity index (χ1) is 10.5. The van der Waals surface area contributed by atoms with E-state index in [0.717, 1.165) is 45.3 Å². The second-order valence-corrected chi connectivity index (χ2v) is 8.97. The topological polar surface area (TPSA) is 89.7 Å². The molecule has 0 aromatic heterocycles. The molecule has 1 aliphatic carbocycles. The Hall–Kier alpha value is -0.660. The van der Waals surface area contributed by atoms with Gasteiger partial charge in [-0.25, -0.2) is 8.42 Å². The third-order valence-electron chi connectivity index (χ3n) is 5.62. The highest BCUT2D eigenvalue weighted by Gasteiger charge is 2.50. The second-order valence-electron chi connectivity index (χ2n) is 6.93. The second kappa shape index (κ2) is 6.45. The Balaban J connectivity index is 1.66. The van der Waals surface area contributed by atoms with Crippen molar-refractivity contribution >= 4 is 15.9 Å². The van der Waals surface area contributed by atoms with E-state index in [-0.39, 0.29) is 11.7 Å². The number of hydrogen-bond acceptors (Lipinski definition) is 4. The summed E-state index contributed by atoms with van der Waals surface area (Å²) < 4.78 is 32.1. The minimum absolute atomic E-state index is 0.126. The lowest BCUT2D eigenvalue weighted by molar-refractivity contribution is -0.122. The zero-order chi connectivity index (χ0) is 15.7. The minimum Gasteiger partial charge on any atom is -0.381 e. The lowest BCUT2D eigenvalue weighted by Crippen LogP contribution is -2.47. The van der Waals surface area contributed by atoms with Gasteiger partial charge in [-0.15, -0.1) is 0 Å². The van der Waals surface area contributed by atoms with Crippen LogP contribution >= 0.6 is 0 Å². The quantitative estimate of drug-likeness (QED) is 0.804. The molecule has 2 aliphatic heterocycles. The Kier molecular flexibility index (Phi) is 4.75. The zero-order valence-corrected chi connectivity index (χ0v) is 13.8. The highest BCUT2D eigenvalue weighted by atomic mass is 32.2. The summed E-state index contributed by atoms with van der Waals surface area (Å²) in [4.78, 5) is 11.8. The molecule has 22 heavy (non-hydrogen) atoms. The molecule has 2 N–H and O–H groups in total. The Labute approximate surface area is 132 Å². The number of rotatable bonds is 5. The highest BCUT2D eigenvalue weighted by molar-refractivity contribution is 7.89. The predicted molar refractivity (Wildman–Crippen MR) is 82.5 cm³/mol. The molecule has 1 amide bonds. The van der Waals surface area contributed by atoms with E-state index < -0.39 is 22.0 Å². The number of sulfonamides is 1. The molecule has 0 radical (unpaired) electrons. The summed E-state index contributed by atoms with van der Waals surface area (Å²) in [5.41, 5.74) is 5.52. The number of ether oxygens (including phenoxy) is 1. The Bertz CT molecular complexity index is 516. The molecule has 3 atom stereocenters. The molecule has 7 heteroatoms. The molecule has 0 aromatic carbocycles. The SMILES string of the molecule is NC(=O)[C@@H]1[C@@H]2CCC[C@@H]2CN1S(=O)(=O)CCC1CCOCC1. The van der Waals surface area contributed by atoms with Gasteiger partial charge in [-0.3, -0.25) is 4.79 Å². The summed E-state index contributed by atoms with van der Waals surface area (Å²) in [7, 11) is -3.40. The van der Waals surface area contributed by atoms with Gasteiger partial charge in [-0.2, -0.15) is 4.31 Å². The fraction of sp³-hybridized carbons (Fsp3) is 0.933. The number of carbonyl (C=O) groups is 1. The fourth-order valence-electron chi connectivity index (χ4n) is 4.37. The Morgan fingerprint density at radius 2 is 1.91 bits per heavy atom. The van der Waals surface area contributed by atoms with E-state index >= 15 is 0 Å². The first-order valence-electron chi connectivity index (χ1n) is 8.35. The molecule has 1 saturated carbocycles. The lowest BCUT2D eigenvalue weighted by atomic mass is 9.94. The van der Waals surface area contributed by atoms with Crippen LogP contribution in [0.2, 0.25) is 0 Å². The third-order valence-corrected chi connectivity index (χ3v) is 7.46. The van der Waals surface area contributed by atoms with Crippen molar-refractivity contribution in [3.05, 3.63) is 0 Å². The normalized spacial score (nSPS) is 33.9.